The van der Waals surface area contributed by atoms with Crippen LogP contribution < -0.4 is 5.56 Å². The highest BCUT2D eigenvalue weighted by atomic mass is 16.4. The Balaban J connectivity index is 3.45. The molecular weight excluding hydrogens is 206 g/mol. The van der Waals surface area contributed by atoms with Gasteiger partial charge in [-0.3, -0.25) is 9.59 Å². The molecule has 0 unspecified atom stereocenters. The lowest BCUT2D eigenvalue weighted by atomic mass is 10.1. The van der Waals surface area contributed by atoms with Crippen LogP contribution in [0.2, 0.25) is 0 Å². The van der Waals surface area contributed by atoms with E-state index in [1.807, 2.05) is 26.8 Å². The summed E-state index contributed by atoms with van der Waals surface area (Å²) < 4.78 is 1.63. The molecule has 0 aromatic carbocycles. The molecule has 0 fully saturated rings. The van der Waals surface area contributed by atoms with E-state index in [1.165, 1.54) is 0 Å². The normalized spacial score (nSPS) is 10.8. The van der Waals surface area contributed by atoms with Crippen LogP contribution in [0.5, 0.6) is 0 Å². The maximum absolute atomic E-state index is 12.1. The zero-order chi connectivity index (χ0) is 12.5. The van der Waals surface area contributed by atoms with Crippen molar-refractivity contribution in [1.82, 2.24) is 4.57 Å². The first-order valence-electron chi connectivity index (χ1n) is 5.28. The van der Waals surface area contributed by atoms with Gasteiger partial charge in [-0.15, -0.1) is 0 Å². The van der Waals surface area contributed by atoms with Crippen molar-refractivity contribution in [2.45, 2.75) is 40.2 Å². The molecule has 0 saturated carbocycles. The molecule has 0 spiro atoms. The molecule has 0 aliphatic rings. The summed E-state index contributed by atoms with van der Waals surface area (Å²) in [6.45, 7) is 7.46. The highest BCUT2D eigenvalue weighted by Gasteiger charge is 2.14. The number of carboxylic acid groups (broad SMARTS) is 1. The van der Waals surface area contributed by atoms with E-state index in [2.05, 4.69) is 0 Å². The van der Waals surface area contributed by atoms with Gasteiger partial charge in [0.1, 0.15) is 0 Å². The van der Waals surface area contributed by atoms with Gasteiger partial charge in [0.25, 0.3) is 5.56 Å². The maximum atomic E-state index is 12.1. The number of carbonyl (C=O) groups is 1. The second kappa shape index (κ2) is 4.51. The van der Waals surface area contributed by atoms with Crippen molar-refractivity contribution in [2.75, 3.05) is 0 Å². The number of aromatic nitrogens is 1. The molecule has 1 aromatic heterocycles. The van der Waals surface area contributed by atoms with Gasteiger partial charge in [0, 0.05) is 17.3 Å². The highest BCUT2D eigenvalue weighted by Crippen LogP contribution is 2.11. The van der Waals surface area contributed by atoms with E-state index < -0.39 is 5.97 Å². The van der Waals surface area contributed by atoms with Crippen LogP contribution in [-0.4, -0.2) is 15.6 Å². The van der Waals surface area contributed by atoms with Crippen molar-refractivity contribution in [3.8, 4) is 0 Å². The van der Waals surface area contributed by atoms with Crippen LogP contribution in [0.3, 0.4) is 0 Å². The number of nitrogens with zero attached hydrogens (tertiary/aromatic N) is 1. The summed E-state index contributed by atoms with van der Waals surface area (Å²) in [7, 11) is 0. The first kappa shape index (κ1) is 12.5. The van der Waals surface area contributed by atoms with Gasteiger partial charge in [0.15, 0.2) is 0 Å². The van der Waals surface area contributed by atoms with E-state index in [9.17, 15) is 9.59 Å². The topological polar surface area (TPSA) is 59.3 Å². The monoisotopic (exact) mass is 223 g/mol. The minimum Gasteiger partial charge on any atom is -0.481 e. The zero-order valence-electron chi connectivity index (χ0n) is 10.1. The lowest BCUT2D eigenvalue weighted by molar-refractivity contribution is -0.136. The van der Waals surface area contributed by atoms with Crippen molar-refractivity contribution in [3.63, 3.8) is 0 Å². The number of hydrogen-bond donors (Lipinski definition) is 1. The molecule has 4 nitrogen and oxygen atoms in total. The van der Waals surface area contributed by atoms with Gasteiger partial charge in [0.05, 0.1) is 6.42 Å². The summed E-state index contributed by atoms with van der Waals surface area (Å²) in [4.78, 5) is 22.8. The zero-order valence-corrected chi connectivity index (χ0v) is 10.1. The molecule has 0 aliphatic carbocycles. The molecule has 1 rings (SSSR count). The first-order valence-corrected chi connectivity index (χ1v) is 5.28. The Bertz CT molecular complexity index is 472. The second-order valence-corrected chi connectivity index (χ2v) is 4.29. The minimum atomic E-state index is -0.973. The third-order valence-electron chi connectivity index (χ3n) is 2.60. The van der Waals surface area contributed by atoms with E-state index in [1.54, 1.807) is 11.5 Å². The molecule has 1 N–H and O–H groups in total. The Morgan fingerprint density at radius 2 is 2.00 bits per heavy atom. The van der Waals surface area contributed by atoms with Crippen molar-refractivity contribution in [2.24, 2.45) is 0 Å². The first-order chi connectivity index (χ1) is 7.34. The molecule has 1 aromatic rings. The number of carboxylic acids is 1. The van der Waals surface area contributed by atoms with Gasteiger partial charge in [-0.2, -0.15) is 0 Å². The summed E-state index contributed by atoms with van der Waals surface area (Å²) in [6, 6.07) is 1.90. The third kappa shape index (κ3) is 2.32. The van der Waals surface area contributed by atoms with Crippen LogP contribution in [0.1, 0.15) is 36.7 Å². The lowest BCUT2D eigenvalue weighted by Gasteiger charge is -2.16. The smallest absolute Gasteiger partial charge is 0.308 e. The second-order valence-electron chi connectivity index (χ2n) is 4.29. The minimum absolute atomic E-state index is 0.0423. The molecule has 4 heteroatoms. The third-order valence-corrected chi connectivity index (χ3v) is 2.60. The molecule has 88 valence electrons. The predicted octanol–water partition coefficient (Wildman–Crippen LogP) is 1.67. The van der Waals surface area contributed by atoms with Crippen molar-refractivity contribution in [3.05, 3.63) is 33.2 Å². The lowest BCUT2D eigenvalue weighted by Crippen LogP contribution is -2.29. The fourth-order valence-electron chi connectivity index (χ4n) is 1.95. The van der Waals surface area contributed by atoms with E-state index in [0.29, 0.717) is 5.56 Å². The van der Waals surface area contributed by atoms with Crippen LogP contribution >= 0.6 is 0 Å². The van der Waals surface area contributed by atoms with Gasteiger partial charge in [-0.05, 0) is 39.3 Å². The average molecular weight is 223 g/mol. The highest BCUT2D eigenvalue weighted by molar-refractivity contribution is 5.70. The quantitative estimate of drug-likeness (QED) is 0.848. The number of rotatable bonds is 3. The fourth-order valence-corrected chi connectivity index (χ4v) is 1.95. The van der Waals surface area contributed by atoms with E-state index in [-0.39, 0.29) is 18.0 Å². The van der Waals surface area contributed by atoms with Gasteiger partial charge in [-0.25, -0.2) is 0 Å². The Labute approximate surface area is 94.5 Å². The molecule has 0 aliphatic heterocycles. The van der Waals surface area contributed by atoms with Crippen molar-refractivity contribution < 1.29 is 9.90 Å². The molecular formula is C12H17NO3. The summed E-state index contributed by atoms with van der Waals surface area (Å²) in [6.07, 6.45) is -0.211. The number of pyridine rings is 1. The molecule has 1 heterocycles. The number of hydrogen-bond acceptors (Lipinski definition) is 2. The summed E-state index contributed by atoms with van der Waals surface area (Å²) in [5, 5.41) is 8.77. The molecule has 0 saturated heterocycles. The van der Waals surface area contributed by atoms with Gasteiger partial charge in [0.2, 0.25) is 0 Å². The average Bonchev–Trinajstić information content (AvgIpc) is 2.10. The van der Waals surface area contributed by atoms with E-state index in [4.69, 9.17) is 5.11 Å². The van der Waals surface area contributed by atoms with Crippen LogP contribution in [0, 0.1) is 13.8 Å². The van der Waals surface area contributed by atoms with Crippen molar-refractivity contribution in [1.29, 1.82) is 0 Å². The van der Waals surface area contributed by atoms with Gasteiger partial charge >= 0.3 is 5.97 Å². The van der Waals surface area contributed by atoms with Crippen LogP contribution in [0.25, 0.3) is 0 Å². The Morgan fingerprint density at radius 1 is 1.44 bits per heavy atom. The number of aliphatic carboxylic acids is 1. The van der Waals surface area contributed by atoms with Crippen LogP contribution in [0.4, 0.5) is 0 Å². The number of aryl methyl sites for hydroxylation is 2. The molecule has 0 radical (unpaired) electrons. The molecule has 0 bridgehead atoms. The predicted molar refractivity (Wildman–Crippen MR) is 61.9 cm³/mol. The van der Waals surface area contributed by atoms with Crippen LogP contribution in [0.15, 0.2) is 10.9 Å². The summed E-state index contributed by atoms with van der Waals surface area (Å²) >= 11 is 0. The molecule has 0 atom stereocenters. The Hall–Kier alpha value is -1.58. The van der Waals surface area contributed by atoms with Gasteiger partial charge in [-0.1, -0.05) is 0 Å². The van der Waals surface area contributed by atoms with E-state index >= 15 is 0 Å². The van der Waals surface area contributed by atoms with Crippen molar-refractivity contribution >= 4 is 5.97 Å². The molecule has 0 amide bonds. The molecule has 16 heavy (non-hydrogen) atoms. The van der Waals surface area contributed by atoms with Gasteiger partial charge < -0.3 is 9.67 Å². The largest absolute Gasteiger partial charge is 0.481 e. The Morgan fingerprint density at radius 3 is 2.44 bits per heavy atom. The SMILES string of the molecule is Cc1cc(C)n(C(C)C)c(=O)c1CC(=O)O. The van der Waals surface area contributed by atoms with E-state index in [0.717, 1.165) is 11.3 Å². The Kier molecular flexibility index (Phi) is 3.52. The summed E-state index contributed by atoms with van der Waals surface area (Å²) in [5.41, 5.74) is 1.81. The standard InChI is InChI=1S/C12H17NO3/c1-7(2)13-9(4)5-8(3)10(12(13)16)6-11(14)15/h5,7H,6H2,1-4H3,(H,14,15). The van der Waals surface area contributed by atoms with Crippen LogP contribution in [-0.2, 0) is 11.2 Å². The summed E-state index contributed by atoms with van der Waals surface area (Å²) in [5.74, 6) is -0.973. The maximum Gasteiger partial charge on any atom is 0.308 e. The fraction of sp³-hybridized carbons (Fsp3) is 0.500.